The highest BCUT2D eigenvalue weighted by molar-refractivity contribution is 6.04. The Labute approximate surface area is 320 Å². The van der Waals surface area contributed by atoms with E-state index in [1.807, 2.05) is 4.90 Å². The molecule has 2 aromatic carbocycles. The van der Waals surface area contributed by atoms with Gasteiger partial charge in [0.05, 0.1) is 39.0 Å². The van der Waals surface area contributed by atoms with E-state index in [0.717, 1.165) is 38.6 Å². The van der Waals surface area contributed by atoms with E-state index in [1.165, 1.54) is 69.9 Å². The lowest BCUT2D eigenvalue weighted by Gasteiger charge is -2.56. The van der Waals surface area contributed by atoms with E-state index in [1.54, 1.807) is 6.92 Å². The van der Waals surface area contributed by atoms with Crippen LogP contribution >= 0.6 is 0 Å². The molecular weight excluding hydrogens is 704 g/mol. The van der Waals surface area contributed by atoms with E-state index in [0.29, 0.717) is 48.5 Å². The summed E-state index contributed by atoms with van der Waals surface area (Å²) in [7, 11) is 1.41. The number of rotatable bonds is 7. The van der Waals surface area contributed by atoms with Crippen LogP contribution in [0.3, 0.4) is 0 Å². The monoisotopic (exact) mass is 753 g/mol. The average molecular weight is 754 g/mol. The van der Waals surface area contributed by atoms with Crippen molar-refractivity contribution in [1.29, 1.82) is 0 Å². The summed E-state index contributed by atoms with van der Waals surface area (Å²) in [5.41, 5.74) is -1.08. The number of piperidine rings is 1. The minimum absolute atomic E-state index is 0.00539. The molecule has 4 heterocycles. The van der Waals surface area contributed by atoms with Crippen LogP contribution in [0.2, 0.25) is 0 Å². The van der Waals surface area contributed by atoms with Gasteiger partial charge in [0.15, 0.2) is 5.82 Å². The Morgan fingerprint density at radius 3 is 2.60 bits per heavy atom. The van der Waals surface area contributed by atoms with Gasteiger partial charge in [-0.05, 0) is 93.8 Å². The lowest BCUT2D eigenvalue weighted by Crippen LogP contribution is -2.60. The zero-order valence-corrected chi connectivity index (χ0v) is 31.7. The molecule has 3 unspecified atom stereocenters. The van der Waals surface area contributed by atoms with Gasteiger partial charge in [0, 0.05) is 35.0 Å². The van der Waals surface area contributed by atoms with Crippen LogP contribution in [-0.4, -0.2) is 94.3 Å². The van der Waals surface area contributed by atoms with Crippen molar-refractivity contribution in [1.82, 2.24) is 19.9 Å². The second-order valence-corrected chi connectivity index (χ2v) is 17.1. The number of phenols is 1. The average Bonchev–Trinajstić information content (AvgIpc) is 3.79. The normalized spacial score (nSPS) is 26.9. The highest BCUT2D eigenvalue weighted by Crippen LogP contribution is 2.58. The third-order valence-corrected chi connectivity index (χ3v) is 13.4. The highest BCUT2D eigenvalue weighted by Gasteiger charge is 2.55. The zero-order valence-electron chi connectivity index (χ0n) is 31.7. The number of likely N-dealkylation sites (tertiary alicyclic amines) is 1. The molecule has 0 bridgehead atoms. The molecule has 0 amide bonds. The van der Waals surface area contributed by atoms with Crippen molar-refractivity contribution in [3.05, 3.63) is 41.5 Å². The maximum absolute atomic E-state index is 17.4. The Balaban J connectivity index is 1.14. The number of β-amino-alcohol motifs (C(OH)–C–C–N with tert-alkyl or cyclic N) is 1. The van der Waals surface area contributed by atoms with Gasteiger partial charge in [-0.25, -0.2) is 13.8 Å². The summed E-state index contributed by atoms with van der Waals surface area (Å²) >= 11 is 0. The number of halogens is 2. The Morgan fingerprint density at radius 1 is 1.02 bits per heavy atom. The minimum atomic E-state index is -1.23. The van der Waals surface area contributed by atoms with Crippen molar-refractivity contribution in [2.75, 3.05) is 51.5 Å². The number of anilines is 1. The molecule has 2 aliphatic heterocycles. The van der Waals surface area contributed by atoms with Crippen LogP contribution in [0.15, 0.2) is 24.3 Å². The highest BCUT2D eigenvalue weighted by atomic mass is 19.1. The molecule has 55 heavy (non-hydrogen) atoms. The van der Waals surface area contributed by atoms with Crippen LogP contribution in [0, 0.1) is 34.8 Å². The van der Waals surface area contributed by atoms with Gasteiger partial charge in [-0.3, -0.25) is 4.90 Å². The quantitative estimate of drug-likeness (QED) is 0.189. The van der Waals surface area contributed by atoms with Crippen molar-refractivity contribution < 1.29 is 33.2 Å². The van der Waals surface area contributed by atoms with E-state index in [9.17, 15) is 10.2 Å². The molecule has 12 heteroatoms. The fourth-order valence-electron chi connectivity index (χ4n) is 11.0. The van der Waals surface area contributed by atoms with Crippen LogP contribution in [0.5, 0.6) is 17.6 Å². The topological polar surface area (TPSA) is 113 Å². The molecule has 9 rings (SSSR count). The summed E-state index contributed by atoms with van der Waals surface area (Å²) < 4.78 is 50.6. The van der Waals surface area contributed by atoms with Gasteiger partial charge in [-0.2, -0.15) is 9.97 Å². The molecule has 2 aromatic heterocycles. The van der Waals surface area contributed by atoms with E-state index >= 15 is 8.78 Å². The van der Waals surface area contributed by atoms with Crippen LogP contribution in [0.4, 0.5) is 14.6 Å². The molecular formula is C43H49F2N5O5. The van der Waals surface area contributed by atoms with Crippen molar-refractivity contribution >= 4 is 27.5 Å². The first-order valence-electron chi connectivity index (χ1n) is 19.8. The number of aliphatic hydroxyl groups is 1. The van der Waals surface area contributed by atoms with Crippen molar-refractivity contribution in [3.63, 3.8) is 0 Å². The lowest BCUT2D eigenvalue weighted by atomic mass is 9.62. The number of hydrogen-bond donors (Lipinski definition) is 2. The van der Waals surface area contributed by atoms with Crippen molar-refractivity contribution in [3.8, 4) is 41.2 Å². The molecule has 4 aromatic rings. The van der Waals surface area contributed by atoms with E-state index in [-0.39, 0.29) is 69.3 Å². The predicted octanol–water partition coefficient (Wildman–Crippen LogP) is 7.14. The number of pyridine rings is 1. The fourth-order valence-corrected chi connectivity index (χ4v) is 11.0. The largest absolute Gasteiger partial charge is 0.508 e. The molecule has 3 atom stereocenters. The number of fused-ring (bicyclic) bond motifs is 3. The third-order valence-electron chi connectivity index (χ3n) is 13.4. The molecule has 1 spiro atoms. The van der Waals surface area contributed by atoms with Crippen molar-refractivity contribution in [2.24, 2.45) is 10.8 Å². The van der Waals surface area contributed by atoms with Gasteiger partial charge in [0.1, 0.15) is 39.6 Å². The SMILES string of the molecule is C#Cc1c(F)ccc2cc(O)cc(-c3nc(OC)c4c(N5CCOCC(C)(O)C5)nc(OCC56CCCC5N(C5CC7(CCCC7)C5)CCC6)nc4c3F)c12. The van der Waals surface area contributed by atoms with E-state index in [2.05, 4.69) is 15.8 Å². The Bertz CT molecular complexity index is 2190. The molecule has 2 N–H and O–H groups in total. The maximum atomic E-state index is 17.4. The molecule has 0 radical (unpaired) electrons. The number of aromatic hydroxyl groups is 1. The summed E-state index contributed by atoms with van der Waals surface area (Å²) in [6.45, 7) is 4.10. The number of phenolic OH excluding ortho intramolecular Hbond substituents is 1. The lowest BCUT2D eigenvalue weighted by molar-refractivity contribution is -0.0787. The second kappa shape index (κ2) is 13.7. The molecule has 3 saturated carbocycles. The summed E-state index contributed by atoms with van der Waals surface area (Å²) in [6.07, 6.45) is 19.3. The van der Waals surface area contributed by atoms with Gasteiger partial charge in [-0.1, -0.05) is 31.2 Å². The number of nitrogens with zero attached hydrogens (tertiary/aromatic N) is 5. The Kier molecular flexibility index (Phi) is 9.06. The molecule has 10 nitrogen and oxygen atoms in total. The predicted molar refractivity (Wildman–Crippen MR) is 205 cm³/mol. The standard InChI is InChI=1S/C43H49F2N5O5/c1-4-29-31(44)11-10-26-19-28(51)20-30(33(26)29)36-35(45)37-34(39(46-36)53-3)38(49-17-18-54-24-41(2,52)23-49)48-40(47-37)55-25-43-14-7-9-32(43)50(16-8-15-43)27-21-42(22-27)12-5-6-13-42/h1,10-11,19-20,27,32,51-52H,5-9,12-18,21-25H2,2-3H3. The van der Waals surface area contributed by atoms with Crippen LogP contribution < -0.4 is 14.4 Å². The van der Waals surface area contributed by atoms with Gasteiger partial charge in [0.25, 0.3) is 0 Å². The number of aromatic nitrogens is 3. The van der Waals surface area contributed by atoms with E-state index < -0.39 is 17.2 Å². The number of methoxy groups -OCH3 is 1. The summed E-state index contributed by atoms with van der Waals surface area (Å²) in [5.74, 6) is 1.01. The summed E-state index contributed by atoms with van der Waals surface area (Å²) in [4.78, 5) is 18.9. The summed E-state index contributed by atoms with van der Waals surface area (Å²) in [5, 5.41) is 22.8. The first kappa shape index (κ1) is 36.3. The molecule has 5 fully saturated rings. The second-order valence-electron chi connectivity index (χ2n) is 17.1. The smallest absolute Gasteiger partial charge is 0.319 e. The Morgan fingerprint density at radius 2 is 1.82 bits per heavy atom. The molecule has 2 saturated heterocycles. The number of ether oxygens (including phenoxy) is 3. The number of hydrogen-bond acceptors (Lipinski definition) is 10. The van der Waals surface area contributed by atoms with Crippen molar-refractivity contribution in [2.45, 2.75) is 95.2 Å². The zero-order chi connectivity index (χ0) is 38.1. The maximum Gasteiger partial charge on any atom is 0.319 e. The summed E-state index contributed by atoms with van der Waals surface area (Å²) in [6, 6.07) is 6.50. The van der Waals surface area contributed by atoms with Gasteiger partial charge in [-0.15, -0.1) is 6.42 Å². The first-order valence-corrected chi connectivity index (χ1v) is 19.8. The van der Waals surface area contributed by atoms with Gasteiger partial charge < -0.3 is 29.3 Å². The minimum Gasteiger partial charge on any atom is -0.508 e. The third kappa shape index (κ3) is 6.23. The van der Waals surface area contributed by atoms with Crippen LogP contribution in [0.1, 0.15) is 83.1 Å². The Hall–Kier alpha value is -4.31. The van der Waals surface area contributed by atoms with Gasteiger partial charge >= 0.3 is 6.01 Å². The molecule has 3 aliphatic carbocycles. The van der Waals surface area contributed by atoms with Crippen LogP contribution in [0.25, 0.3) is 32.9 Å². The van der Waals surface area contributed by atoms with Gasteiger partial charge in [0.2, 0.25) is 5.88 Å². The van der Waals surface area contributed by atoms with Crippen LogP contribution in [-0.2, 0) is 4.74 Å². The molecule has 290 valence electrons. The number of benzene rings is 2. The first-order chi connectivity index (χ1) is 26.5. The fraction of sp³-hybridized carbons (Fsp3) is 0.558. The molecule has 5 aliphatic rings. The number of terminal acetylenes is 1. The van der Waals surface area contributed by atoms with E-state index in [4.69, 9.17) is 30.6 Å².